The van der Waals surface area contributed by atoms with Crippen molar-refractivity contribution < 1.29 is 17.5 Å². The van der Waals surface area contributed by atoms with Crippen LogP contribution in [0.4, 0.5) is 5.69 Å². The van der Waals surface area contributed by atoms with E-state index in [9.17, 15) is 18.5 Å². The molecule has 0 aliphatic carbocycles. The lowest BCUT2D eigenvalue weighted by atomic mass is 10.2. The number of halogens is 2. The van der Waals surface area contributed by atoms with Gasteiger partial charge in [-0.2, -0.15) is 8.42 Å². The lowest BCUT2D eigenvalue weighted by Crippen LogP contribution is -2.11. The van der Waals surface area contributed by atoms with Gasteiger partial charge in [0.25, 0.3) is 11.6 Å². The fourth-order valence-corrected chi connectivity index (χ4v) is 4.12. The van der Waals surface area contributed by atoms with Gasteiger partial charge in [0.2, 0.25) is 0 Å². The van der Waals surface area contributed by atoms with Gasteiger partial charge in [-0.15, -0.1) is 5.10 Å². The molecule has 8 nitrogen and oxygen atoms in total. The number of non-ortho nitro benzene ring substituents is 1. The number of nitrogens with zero attached hydrogens (tertiary/aromatic N) is 3. The summed E-state index contributed by atoms with van der Waals surface area (Å²) < 4.78 is 32.0. The first-order valence-corrected chi connectivity index (χ1v) is 9.83. The van der Waals surface area contributed by atoms with Crippen molar-refractivity contribution in [2.75, 3.05) is 0 Å². The second-order valence-electron chi connectivity index (χ2n) is 5.91. The lowest BCUT2D eigenvalue weighted by Gasteiger charge is -2.07. The van der Waals surface area contributed by atoms with E-state index in [1.165, 1.54) is 35.0 Å². The molecule has 27 heavy (non-hydrogen) atoms. The summed E-state index contributed by atoms with van der Waals surface area (Å²) in [6, 6.07) is 7.81. The van der Waals surface area contributed by atoms with E-state index < -0.39 is 15.0 Å². The standard InChI is InChI=1S/C16H13Cl2N3O5S/c1-9(2)20-14-6-4-11(21(22)23)8-12(14)16(19-20)26-27(24,25)15-7-10(17)3-5-13(15)18/h3-9H,1-2H3. The fourth-order valence-electron chi connectivity index (χ4n) is 2.49. The Balaban J connectivity index is 2.17. The van der Waals surface area contributed by atoms with Crippen molar-refractivity contribution in [1.82, 2.24) is 9.78 Å². The summed E-state index contributed by atoms with van der Waals surface area (Å²) in [7, 11) is -4.37. The summed E-state index contributed by atoms with van der Waals surface area (Å²) >= 11 is 11.8. The Morgan fingerprint density at radius 2 is 1.89 bits per heavy atom. The van der Waals surface area contributed by atoms with Gasteiger partial charge in [-0.1, -0.05) is 23.2 Å². The summed E-state index contributed by atoms with van der Waals surface area (Å²) in [6.45, 7) is 3.67. The minimum absolute atomic E-state index is 0.0713. The average Bonchev–Trinajstić information content (AvgIpc) is 2.94. The predicted molar refractivity (Wildman–Crippen MR) is 101 cm³/mol. The number of fused-ring (bicyclic) bond motifs is 1. The first kappa shape index (κ1) is 19.4. The van der Waals surface area contributed by atoms with E-state index in [4.69, 9.17) is 27.4 Å². The van der Waals surface area contributed by atoms with Crippen molar-refractivity contribution in [3.05, 3.63) is 56.6 Å². The smallest absolute Gasteiger partial charge is 0.342 e. The summed E-state index contributed by atoms with van der Waals surface area (Å²) in [5, 5.41) is 15.5. The second kappa shape index (κ2) is 6.99. The minimum Gasteiger partial charge on any atom is -0.356 e. The van der Waals surface area contributed by atoms with Crippen molar-refractivity contribution in [3.8, 4) is 5.88 Å². The minimum atomic E-state index is -4.37. The van der Waals surface area contributed by atoms with E-state index in [0.29, 0.717) is 5.52 Å². The molecule has 3 aromatic rings. The number of aromatic nitrogens is 2. The number of nitro benzene ring substituents is 1. The first-order chi connectivity index (χ1) is 12.6. The summed E-state index contributed by atoms with van der Waals surface area (Å²) in [5.74, 6) is -0.279. The van der Waals surface area contributed by atoms with Crippen LogP contribution in [0, 0.1) is 10.1 Å². The third kappa shape index (κ3) is 3.71. The van der Waals surface area contributed by atoms with Crippen LogP contribution in [0.15, 0.2) is 41.3 Å². The highest BCUT2D eigenvalue weighted by molar-refractivity contribution is 7.87. The molecule has 142 valence electrons. The molecule has 0 amide bonds. The molecule has 0 N–H and O–H groups in total. The van der Waals surface area contributed by atoms with Gasteiger partial charge in [-0.25, -0.2) is 0 Å². The highest BCUT2D eigenvalue weighted by Crippen LogP contribution is 2.34. The molecule has 0 saturated carbocycles. The number of hydrogen-bond donors (Lipinski definition) is 0. The molecular weight excluding hydrogens is 417 g/mol. The van der Waals surface area contributed by atoms with Crippen LogP contribution < -0.4 is 4.18 Å². The van der Waals surface area contributed by atoms with Gasteiger partial charge in [0.15, 0.2) is 0 Å². The fraction of sp³-hybridized carbons (Fsp3) is 0.188. The van der Waals surface area contributed by atoms with Gasteiger partial charge in [0.05, 0.1) is 20.8 Å². The zero-order valence-electron chi connectivity index (χ0n) is 14.1. The molecule has 1 heterocycles. The maximum absolute atomic E-state index is 12.7. The Labute approximate surface area is 164 Å². The quantitative estimate of drug-likeness (QED) is 0.333. The van der Waals surface area contributed by atoms with Crippen molar-refractivity contribution in [2.45, 2.75) is 24.8 Å². The monoisotopic (exact) mass is 429 g/mol. The van der Waals surface area contributed by atoms with Crippen molar-refractivity contribution >= 4 is 49.9 Å². The van der Waals surface area contributed by atoms with E-state index in [1.54, 1.807) is 0 Å². The number of hydrogen-bond acceptors (Lipinski definition) is 6. The van der Waals surface area contributed by atoms with Gasteiger partial charge in [-0.3, -0.25) is 14.8 Å². The van der Waals surface area contributed by atoms with Gasteiger partial charge >= 0.3 is 10.1 Å². The van der Waals surface area contributed by atoms with Crippen LogP contribution in [0.25, 0.3) is 10.9 Å². The molecule has 0 fully saturated rings. The first-order valence-electron chi connectivity index (χ1n) is 7.66. The molecule has 0 aliphatic rings. The summed E-state index contributed by atoms with van der Waals surface area (Å²) in [4.78, 5) is 10.2. The Kier molecular flexibility index (Phi) is 5.02. The van der Waals surface area contributed by atoms with Crippen molar-refractivity contribution in [3.63, 3.8) is 0 Å². The molecule has 0 spiro atoms. The van der Waals surface area contributed by atoms with Crippen LogP contribution in [-0.4, -0.2) is 23.1 Å². The highest BCUT2D eigenvalue weighted by Gasteiger charge is 2.26. The third-order valence-electron chi connectivity index (χ3n) is 3.71. The molecule has 0 aliphatic heterocycles. The third-order valence-corrected chi connectivity index (χ3v) is 5.64. The Bertz CT molecular complexity index is 1160. The molecule has 2 aromatic carbocycles. The van der Waals surface area contributed by atoms with Crippen LogP contribution in [0.1, 0.15) is 19.9 Å². The predicted octanol–water partition coefficient (Wildman–Crippen LogP) is 4.60. The van der Waals surface area contributed by atoms with Crippen molar-refractivity contribution in [1.29, 1.82) is 0 Å². The van der Waals surface area contributed by atoms with E-state index >= 15 is 0 Å². The van der Waals surface area contributed by atoms with E-state index in [2.05, 4.69) is 5.10 Å². The number of rotatable bonds is 5. The van der Waals surface area contributed by atoms with Gasteiger partial charge in [-0.05, 0) is 38.1 Å². The zero-order valence-corrected chi connectivity index (χ0v) is 16.4. The largest absolute Gasteiger partial charge is 0.356 e. The maximum atomic E-state index is 12.7. The molecular formula is C16H13Cl2N3O5S. The Morgan fingerprint density at radius 1 is 1.19 bits per heavy atom. The molecule has 0 saturated heterocycles. The lowest BCUT2D eigenvalue weighted by molar-refractivity contribution is -0.384. The molecule has 1 aromatic heterocycles. The SMILES string of the molecule is CC(C)n1nc(OS(=O)(=O)c2cc(Cl)ccc2Cl)c2cc([N+](=O)[O-])ccc21. The molecule has 11 heteroatoms. The van der Waals surface area contributed by atoms with Gasteiger partial charge < -0.3 is 4.18 Å². The van der Waals surface area contributed by atoms with E-state index in [0.717, 1.165) is 6.07 Å². The summed E-state index contributed by atoms with van der Waals surface area (Å²) in [6.07, 6.45) is 0. The van der Waals surface area contributed by atoms with Gasteiger partial charge in [0, 0.05) is 23.2 Å². The normalized spacial score (nSPS) is 11.9. The second-order valence-corrected chi connectivity index (χ2v) is 8.27. The van der Waals surface area contributed by atoms with E-state index in [1.807, 2.05) is 13.8 Å². The van der Waals surface area contributed by atoms with Crippen LogP contribution >= 0.6 is 23.2 Å². The van der Waals surface area contributed by atoms with Crippen molar-refractivity contribution in [2.24, 2.45) is 0 Å². The topological polar surface area (TPSA) is 104 Å². The van der Waals surface area contributed by atoms with Crippen LogP contribution in [-0.2, 0) is 10.1 Å². The van der Waals surface area contributed by atoms with Crippen LogP contribution in [0.3, 0.4) is 0 Å². The molecule has 3 rings (SSSR count). The van der Waals surface area contributed by atoms with E-state index in [-0.39, 0.29) is 37.9 Å². The average molecular weight is 430 g/mol. The maximum Gasteiger partial charge on any atom is 0.342 e. The molecule has 0 unspecified atom stereocenters. The Hall–Kier alpha value is -2.36. The highest BCUT2D eigenvalue weighted by atomic mass is 35.5. The number of benzene rings is 2. The van der Waals surface area contributed by atoms with Crippen LogP contribution in [0.5, 0.6) is 5.88 Å². The zero-order chi connectivity index (χ0) is 19.9. The molecule has 0 radical (unpaired) electrons. The van der Waals surface area contributed by atoms with Crippen LogP contribution in [0.2, 0.25) is 10.0 Å². The molecule has 0 atom stereocenters. The molecule has 0 bridgehead atoms. The summed E-state index contributed by atoms with van der Waals surface area (Å²) in [5.41, 5.74) is 0.284. The number of nitro groups is 1. The van der Waals surface area contributed by atoms with Gasteiger partial charge in [0.1, 0.15) is 4.90 Å². The Morgan fingerprint density at radius 3 is 2.52 bits per heavy atom.